The van der Waals surface area contributed by atoms with Gasteiger partial charge in [-0.15, -0.1) is 0 Å². The molecule has 0 bridgehead atoms. The summed E-state index contributed by atoms with van der Waals surface area (Å²) in [4.78, 5) is 24.8. The monoisotopic (exact) mass is 631 g/mol. The lowest BCUT2D eigenvalue weighted by molar-refractivity contribution is 0.315. The first-order chi connectivity index (χ1) is 21.8. The van der Waals surface area contributed by atoms with Gasteiger partial charge in [0, 0.05) is 35.8 Å². The second-order valence-corrected chi connectivity index (χ2v) is 13.2. The van der Waals surface area contributed by atoms with Crippen LogP contribution >= 0.6 is 11.6 Å². The largest absolute Gasteiger partial charge is 0.386 e. The molecule has 4 aromatic rings. The molecular formula is C35H43ClFN7O. The van der Waals surface area contributed by atoms with Gasteiger partial charge in [0.05, 0.1) is 22.9 Å². The number of amidine groups is 1. The average Bonchev–Trinajstić information content (AvgIpc) is 3.82. The van der Waals surface area contributed by atoms with Crippen molar-refractivity contribution < 1.29 is 4.39 Å². The van der Waals surface area contributed by atoms with Crippen LogP contribution in [0.1, 0.15) is 75.5 Å². The number of H-pyrrole nitrogens is 1. The Kier molecular flexibility index (Phi) is 9.68. The molecule has 2 aliphatic rings. The summed E-state index contributed by atoms with van der Waals surface area (Å²) in [6.07, 6.45) is 11.7. The van der Waals surface area contributed by atoms with E-state index < -0.39 is 11.5 Å². The Bertz CT molecular complexity index is 1730. The third-order valence-electron chi connectivity index (χ3n) is 9.50. The molecule has 0 unspecified atom stereocenters. The molecule has 2 fully saturated rings. The van der Waals surface area contributed by atoms with Crippen molar-refractivity contribution in [3.63, 3.8) is 0 Å². The van der Waals surface area contributed by atoms with Gasteiger partial charge in [-0.3, -0.25) is 9.56 Å². The summed E-state index contributed by atoms with van der Waals surface area (Å²) in [5, 5.41) is 4.56. The fourth-order valence-corrected chi connectivity index (χ4v) is 6.89. The molecule has 238 valence electrons. The predicted molar refractivity (Wildman–Crippen MR) is 181 cm³/mol. The second-order valence-electron chi connectivity index (χ2n) is 12.8. The zero-order chi connectivity index (χ0) is 31.5. The molecule has 6 N–H and O–H groups in total. The first-order valence-corrected chi connectivity index (χ1v) is 16.6. The average molecular weight is 632 g/mol. The molecule has 0 radical (unpaired) electrons. The van der Waals surface area contributed by atoms with Crippen LogP contribution in [0.5, 0.6) is 0 Å². The van der Waals surface area contributed by atoms with E-state index in [9.17, 15) is 4.79 Å². The van der Waals surface area contributed by atoms with Crippen molar-refractivity contribution in [2.24, 2.45) is 28.3 Å². The van der Waals surface area contributed by atoms with Gasteiger partial charge in [-0.2, -0.15) is 4.98 Å². The highest BCUT2D eigenvalue weighted by Gasteiger charge is 2.27. The molecule has 2 aromatic heterocycles. The zero-order valence-electron chi connectivity index (χ0n) is 25.9. The van der Waals surface area contributed by atoms with Crippen LogP contribution in [-0.4, -0.2) is 39.5 Å². The van der Waals surface area contributed by atoms with Crippen LogP contribution in [0, 0.1) is 17.7 Å². The summed E-state index contributed by atoms with van der Waals surface area (Å²) in [6.45, 7) is 3.27. The van der Waals surface area contributed by atoms with E-state index in [1.165, 1.54) is 23.0 Å². The van der Waals surface area contributed by atoms with Crippen LogP contribution in [0.3, 0.4) is 0 Å². The number of aromatic amines is 1. The number of rotatable bonds is 12. The molecule has 0 amide bonds. The van der Waals surface area contributed by atoms with Crippen LogP contribution in [0.4, 0.5) is 4.39 Å². The number of fused-ring (bicyclic) bond motifs is 1. The Labute approximate surface area is 268 Å². The summed E-state index contributed by atoms with van der Waals surface area (Å²) < 4.78 is 16.8. The lowest BCUT2D eigenvalue weighted by Gasteiger charge is -2.31. The number of aliphatic imine (C=N–C) groups is 1. The molecule has 45 heavy (non-hydrogen) atoms. The fraction of sp³-hybridized carbons (Fsp3) is 0.457. The number of nitrogens with two attached hydrogens (primary N) is 2. The minimum Gasteiger partial charge on any atom is -0.386 e. The van der Waals surface area contributed by atoms with Crippen LogP contribution < -0.4 is 22.5 Å². The van der Waals surface area contributed by atoms with Crippen LogP contribution in [-0.2, 0) is 6.42 Å². The van der Waals surface area contributed by atoms with Crippen molar-refractivity contribution in [1.82, 2.24) is 19.9 Å². The van der Waals surface area contributed by atoms with E-state index in [0.717, 1.165) is 68.0 Å². The standard InChI is InChI=1S/C35H43ClFN7O/c1-21(23-8-9-23)4-2-5-22-16-28(33(37)29(36)17-22)31-18-25-20-44(35(45)43-34(25)42-31)27-12-10-24(11-13-27)30-7-3-6-26(41-30)14-15-40-32(39)19-38/h10-13,16-18,20-21,23,26,30,41H,2-9,14-15,19,38H2,1H3,(H2,39,40)(H,42,43,45)/t21-,26+,30+/m1/s1. The second kappa shape index (κ2) is 13.8. The highest BCUT2D eigenvalue weighted by atomic mass is 35.5. The summed E-state index contributed by atoms with van der Waals surface area (Å²) in [6, 6.07) is 14.0. The maximum atomic E-state index is 15.2. The Hall–Kier alpha value is -3.53. The van der Waals surface area contributed by atoms with Gasteiger partial charge in [0.2, 0.25) is 0 Å². The van der Waals surface area contributed by atoms with Crippen molar-refractivity contribution in [2.45, 2.75) is 76.8 Å². The summed E-state index contributed by atoms with van der Waals surface area (Å²) in [5.41, 5.74) is 15.1. The van der Waals surface area contributed by atoms with E-state index in [1.54, 1.807) is 12.3 Å². The van der Waals surface area contributed by atoms with Crippen LogP contribution in [0.15, 0.2) is 58.4 Å². The molecule has 6 rings (SSSR count). The van der Waals surface area contributed by atoms with Crippen LogP contribution in [0.2, 0.25) is 5.02 Å². The van der Waals surface area contributed by atoms with Crippen LogP contribution in [0.25, 0.3) is 28.0 Å². The van der Waals surface area contributed by atoms with Gasteiger partial charge in [-0.05, 0) is 98.2 Å². The molecule has 0 spiro atoms. The van der Waals surface area contributed by atoms with Crippen molar-refractivity contribution >= 4 is 28.5 Å². The molecule has 1 saturated carbocycles. The molecular weight excluding hydrogens is 589 g/mol. The maximum Gasteiger partial charge on any atom is 0.354 e. The van der Waals surface area contributed by atoms with Crippen molar-refractivity contribution in [3.8, 4) is 16.9 Å². The highest BCUT2D eigenvalue weighted by Crippen LogP contribution is 2.39. The summed E-state index contributed by atoms with van der Waals surface area (Å²) >= 11 is 6.34. The third kappa shape index (κ3) is 7.48. The molecule has 3 atom stereocenters. The zero-order valence-corrected chi connectivity index (χ0v) is 26.6. The van der Waals surface area contributed by atoms with E-state index >= 15 is 4.39 Å². The van der Waals surface area contributed by atoms with E-state index in [4.69, 9.17) is 23.1 Å². The normalized spacial score (nSPS) is 19.7. The minimum atomic E-state index is -0.477. The SMILES string of the molecule is C[C@H](CCCc1cc(Cl)c(F)c(-c2cc3cn(-c4ccc([C@@H]5CCC[C@@H](CCN=C(N)CN)N5)cc4)c(=O)nc3[nH]2)c1)C1CC1. The molecule has 1 aliphatic carbocycles. The minimum absolute atomic E-state index is 0.104. The van der Waals surface area contributed by atoms with E-state index in [0.29, 0.717) is 40.7 Å². The molecule has 10 heteroatoms. The quantitative estimate of drug-likeness (QED) is 0.106. The van der Waals surface area contributed by atoms with E-state index in [2.05, 4.69) is 39.3 Å². The van der Waals surface area contributed by atoms with Gasteiger partial charge < -0.3 is 21.8 Å². The number of piperidine rings is 1. The fourth-order valence-electron chi connectivity index (χ4n) is 6.65. The van der Waals surface area contributed by atoms with Crippen molar-refractivity contribution in [3.05, 3.63) is 81.1 Å². The highest BCUT2D eigenvalue weighted by molar-refractivity contribution is 6.31. The first-order valence-electron chi connectivity index (χ1n) is 16.2. The molecule has 2 aromatic carbocycles. The topological polar surface area (TPSA) is 127 Å². The Morgan fingerprint density at radius 1 is 1.18 bits per heavy atom. The predicted octanol–water partition coefficient (Wildman–Crippen LogP) is 6.43. The number of aromatic nitrogens is 3. The summed E-state index contributed by atoms with van der Waals surface area (Å²) in [7, 11) is 0. The number of hydrogen-bond donors (Lipinski definition) is 4. The Morgan fingerprint density at radius 3 is 2.73 bits per heavy atom. The molecule has 8 nitrogen and oxygen atoms in total. The van der Waals surface area contributed by atoms with Crippen molar-refractivity contribution in [2.75, 3.05) is 13.1 Å². The van der Waals surface area contributed by atoms with Gasteiger partial charge in [-0.1, -0.05) is 43.5 Å². The number of benzene rings is 2. The Balaban J connectivity index is 1.17. The lowest BCUT2D eigenvalue weighted by Crippen LogP contribution is -2.37. The smallest absolute Gasteiger partial charge is 0.354 e. The molecule has 3 heterocycles. The number of halogens is 2. The van der Waals surface area contributed by atoms with Crippen molar-refractivity contribution in [1.29, 1.82) is 0 Å². The van der Waals surface area contributed by atoms with Gasteiger partial charge >= 0.3 is 5.69 Å². The van der Waals surface area contributed by atoms with Gasteiger partial charge in [-0.25, -0.2) is 9.18 Å². The van der Waals surface area contributed by atoms with Gasteiger partial charge in [0.1, 0.15) is 11.5 Å². The lowest BCUT2D eigenvalue weighted by atomic mass is 9.92. The first kappa shape index (κ1) is 31.5. The molecule has 1 aliphatic heterocycles. The number of nitrogens with one attached hydrogen (secondary N) is 2. The van der Waals surface area contributed by atoms with Gasteiger partial charge in [0.25, 0.3) is 0 Å². The van der Waals surface area contributed by atoms with E-state index in [1.807, 2.05) is 24.3 Å². The Morgan fingerprint density at radius 2 is 1.98 bits per heavy atom. The van der Waals surface area contributed by atoms with Gasteiger partial charge in [0.15, 0.2) is 5.82 Å². The third-order valence-corrected chi connectivity index (χ3v) is 9.77. The number of hydrogen-bond acceptors (Lipinski definition) is 5. The number of aryl methyl sites for hydroxylation is 1. The number of nitrogens with zero attached hydrogens (tertiary/aromatic N) is 3. The summed E-state index contributed by atoms with van der Waals surface area (Å²) in [5.74, 6) is 1.62. The molecule has 1 saturated heterocycles. The van der Waals surface area contributed by atoms with E-state index in [-0.39, 0.29) is 17.6 Å². The maximum absolute atomic E-state index is 15.2.